The van der Waals surface area contributed by atoms with Crippen molar-refractivity contribution < 1.29 is 14.7 Å². The van der Waals surface area contributed by atoms with Gasteiger partial charge < -0.3 is 5.11 Å². The topological polar surface area (TPSA) is 54.4 Å². The van der Waals surface area contributed by atoms with Crippen molar-refractivity contribution >= 4 is 11.8 Å². The van der Waals surface area contributed by atoms with Crippen LogP contribution in [0.4, 0.5) is 0 Å². The smallest absolute Gasteiger partial charge is 0.331 e. The first kappa shape index (κ1) is 14.9. The summed E-state index contributed by atoms with van der Waals surface area (Å²) in [4.78, 5) is 22.6. The molecule has 0 saturated carbocycles. The molecule has 0 spiro atoms. The zero-order valence-electron chi connectivity index (χ0n) is 11.6. The summed E-state index contributed by atoms with van der Waals surface area (Å²) in [5.41, 5.74) is 0.534. The highest BCUT2D eigenvalue weighted by Crippen LogP contribution is 2.31. The molecule has 0 aliphatic heterocycles. The van der Waals surface area contributed by atoms with Crippen LogP contribution in [0.1, 0.15) is 52.9 Å². The molecule has 1 aliphatic carbocycles. The molecule has 0 heterocycles. The minimum atomic E-state index is -0.794. The Morgan fingerprint density at radius 3 is 2.44 bits per heavy atom. The molecular weight excluding hydrogens is 228 g/mol. The highest BCUT2D eigenvalue weighted by atomic mass is 16.4. The molecule has 0 aromatic rings. The van der Waals surface area contributed by atoms with Gasteiger partial charge in [0.15, 0.2) is 0 Å². The normalized spacial score (nSPS) is 21.6. The summed E-state index contributed by atoms with van der Waals surface area (Å²) in [5, 5.41) is 8.89. The Morgan fingerprint density at radius 2 is 2.00 bits per heavy atom. The molecule has 18 heavy (non-hydrogen) atoms. The van der Waals surface area contributed by atoms with Crippen LogP contribution in [0.15, 0.2) is 11.6 Å². The van der Waals surface area contributed by atoms with Gasteiger partial charge in [-0.3, -0.25) is 4.79 Å². The Bertz CT molecular complexity index is 342. The third-order valence-corrected chi connectivity index (χ3v) is 3.72. The number of carboxylic acids is 1. The zero-order valence-corrected chi connectivity index (χ0v) is 11.6. The van der Waals surface area contributed by atoms with E-state index in [4.69, 9.17) is 5.11 Å². The van der Waals surface area contributed by atoms with Gasteiger partial charge in [0, 0.05) is 18.4 Å². The second kappa shape index (κ2) is 6.72. The molecule has 0 aromatic heterocycles. The molecule has 0 unspecified atom stereocenters. The van der Waals surface area contributed by atoms with Crippen molar-refractivity contribution in [3.63, 3.8) is 0 Å². The number of allylic oxidation sites excluding steroid dienone is 1. The molecular formula is C15H24O3. The van der Waals surface area contributed by atoms with E-state index in [1.54, 1.807) is 0 Å². The third-order valence-electron chi connectivity index (χ3n) is 3.72. The lowest BCUT2D eigenvalue weighted by molar-refractivity contribution is -0.133. The number of hydrogen-bond donors (Lipinski definition) is 1. The SMILES string of the molecule is CC(C)CC(=O)C[C@@H](C)[C@@H]1CC=C(C(=O)O)CC1. The van der Waals surface area contributed by atoms with Crippen molar-refractivity contribution in [2.75, 3.05) is 0 Å². The predicted octanol–water partition coefficient (Wildman–Crippen LogP) is 3.44. The van der Waals surface area contributed by atoms with Gasteiger partial charge in [-0.05, 0) is 37.0 Å². The van der Waals surface area contributed by atoms with Crippen LogP contribution in [0.2, 0.25) is 0 Å². The van der Waals surface area contributed by atoms with E-state index in [1.807, 2.05) is 6.08 Å². The van der Waals surface area contributed by atoms with E-state index in [2.05, 4.69) is 20.8 Å². The summed E-state index contributed by atoms with van der Waals surface area (Å²) in [7, 11) is 0. The quantitative estimate of drug-likeness (QED) is 0.787. The van der Waals surface area contributed by atoms with Crippen molar-refractivity contribution in [2.24, 2.45) is 17.8 Å². The van der Waals surface area contributed by atoms with Gasteiger partial charge in [-0.2, -0.15) is 0 Å². The maximum Gasteiger partial charge on any atom is 0.331 e. The van der Waals surface area contributed by atoms with Crippen molar-refractivity contribution in [3.05, 3.63) is 11.6 Å². The van der Waals surface area contributed by atoms with Crippen molar-refractivity contribution in [1.82, 2.24) is 0 Å². The molecule has 0 fully saturated rings. The van der Waals surface area contributed by atoms with Gasteiger partial charge in [0.05, 0.1) is 0 Å². The van der Waals surface area contributed by atoms with E-state index in [0.29, 0.717) is 48.4 Å². The lowest BCUT2D eigenvalue weighted by atomic mass is 9.79. The van der Waals surface area contributed by atoms with Crippen molar-refractivity contribution in [1.29, 1.82) is 0 Å². The number of carboxylic acid groups (broad SMARTS) is 1. The second-order valence-corrected chi connectivity index (χ2v) is 5.89. The molecule has 0 bridgehead atoms. The summed E-state index contributed by atoms with van der Waals surface area (Å²) in [6.45, 7) is 6.23. The molecule has 2 atom stereocenters. The van der Waals surface area contributed by atoms with Crippen molar-refractivity contribution in [2.45, 2.75) is 52.9 Å². The van der Waals surface area contributed by atoms with Gasteiger partial charge in [0.2, 0.25) is 0 Å². The monoisotopic (exact) mass is 252 g/mol. The van der Waals surface area contributed by atoms with E-state index in [9.17, 15) is 9.59 Å². The fourth-order valence-electron chi connectivity index (χ4n) is 2.63. The zero-order chi connectivity index (χ0) is 13.7. The van der Waals surface area contributed by atoms with Crippen LogP contribution in [0, 0.1) is 17.8 Å². The standard InChI is InChI=1S/C15H24O3/c1-10(2)8-14(16)9-11(3)12-4-6-13(7-5-12)15(17)18/h6,10-12H,4-5,7-9H2,1-3H3,(H,17,18)/t11-,12-/m1/s1. The molecule has 3 heteroatoms. The maximum atomic E-state index is 11.8. The Hall–Kier alpha value is -1.12. The summed E-state index contributed by atoms with van der Waals surface area (Å²) in [6.07, 6.45) is 5.47. The molecule has 1 aliphatic rings. The summed E-state index contributed by atoms with van der Waals surface area (Å²) in [5.74, 6) is 0.795. The average Bonchev–Trinajstić information content (AvgIpc) is 2.27. The number of Topliss-reactive ketones (excluding diaryl/α,β-unsaturated/α-hetero) is 1. The molecule has 1 rings (SSSR count). The van der Waals surface area contributed by atoms with Crippen LogP contribution in [0.3, 0.4) is 0 Å². The molecule has 102 valence electrons. The second-order valence-electron chi connectivity index (χ2n) is 5.89. The molecule has 3 nitrogen and oxygen atoms in total. The summed E-state index contributed by atoms with van der Waals surface area (Å²) >= 11 is 0. The van der Waals surface area contributed by atoms with Gasteiger partial charge >= 0.3 is 5.97 Å². The van der Waals surface area contributed by atoms with Crippen LogP contribution in [-0.2, 0) is 9.59 Å². The minimum Gasteiger partial charge on any atom is -0.478 e. The van der Waals surface area contributed by atoms with E-state index >= 15 is 0 Å². The highest BCUT2D eigenvalue weighted by Gasteiger charge is 2.24. The van der Waals surface area contributed by atoms with E-state index < -0.39 is 5.97 Å². The highest BCUT2D eigenvalue weighted by molar-refractivity contribution is 5.86. The van der Waals surface area contributed by atoms with Gasteiger partial charge in [0.25, 0.3) is 0 Å². The minimum absolute atomic E-state index is 0.338. The van der Waals surface area contributed by atoms with Gasteiger partial charge in [-0.15, -0.1) is 0 Å². The lowest BCUT2D eigenvalue weighted by Gasteiger charge is -2.26. The van der Waals surface area contributed by atoms with Crippen LogP contribution in [0.25, 0.3) is 0 Å². The summed E-state index contributed by atoms with van der Waals surface area (Å²) < 4.78 is 0. The summed E-state index contributed by atoms with van der Waals surface area (Å²) in [6, 6.07) is 0. The Morgan fingerprint density at radius 1 is 1.33 bits per heavy atom. The molecule has 1 N–H and O–H groups in total. The van der Waals surface area contributed by atoms with Gasteiger partial charge in [0.1, 0.15) is 5.78 Å². The first-order valence-corrected chi connectivity index (χ1v) is 6.84. The average molecular weight is 252 g/mol. The molecule has 0 aromatic carbocycles. The van der Waals surface area contributed by atoms with E-state index in [-0.39, 0.29) is 0 Å². The van der Waals surface area contributed by atoms with Gasteiger partial charge in [-0.1, -0.05) is 26.8 Å². The van der Waals surface area contributed by atoms with Crippen LogP contribution >= 0.6 is 0 Å². The predicted molar refractivity (Wildman–Crippen MR) is 71.3 cm³/mol. The number of hydrogen-bond acceptors (Lipinski definition) is 2. The van der Waals surface area contributed by atoms with Crippen LogP contribution in [-0.4, -0.2) is 16.9 Å². The van der Waals surface area contributed by atoms with Crippen molar-refractivity contribution in [3.8, 4) is 0 Å². The molecule has 0 saturated heterocycles. The third kappa shape index (κ3) is 4.63. The first-order chi connectivity index (χ1) is 8.40. The largest absolute Gasteiger partial charge is 0.478 e. The number of carbonyl (C=O) groups is 2. The van der Waals surface area contributed by atoms with E-state index in [0.717, 1.165) is 12.8 Å². The lowest BCUT2D eigenvalue weighted by Crippen LogP contribution is -2.20. The first-order valence-electron chi connectivity index (χ1n) is 6.84. The van der Waals surface area contributed by atoms with Crippen LogP contribution in [0.5, 0.6) is 0 Å². The molecule has 0 radical (unpaired) electrons. The van der Waals surface area contributed by atoms with Gasteiger partial charge in [-0.25, -0.2) is 4.79 Å². The number of aliphatic carboxylic acids is 1. The number of ketones is 1. The fourth-order valence-corrected chi connectivity index (χ4v) is 2.63. The fraction of sp³-hybridized carbons (Fsp3) is 0.733. The van der Waals surface area contributed by atoms with E-state index in [1.165, 1.54) is 0 Å². The van der Waals surface area contributed by atoms with Crippen LogP contribution < -0.4 is 0 Å². The maximum absolute atomic E-state index is 11.8. The molecule has 0 amide bonds. The number of rotatable bonds is 6. The number of carbonyl (C=O) groups excluding carboxylic acids is 1. The Kier molecular flexibility index (Phi) is 5.57. The Labute approximate surface area is 109 Å². The Balaban J connectivity index is 2.43.